The monoisotopic (exact) mass is 368 g/mol. The van der Waals surface area contributed by atoms with Crippen LogP contribution in [0, 0.1) is 11.8 Å². The van der Waals surface area contributed by atoms with Gasteiger partial charge in [0.05, 0.1) is 12.6 Å². The highest BCUT2D eigenvalue weighted by molar-refractivity contribution is 5.83. The van der Waals surface area contributed by atoms with Crippen LogP contribution in [0.3, 0.4) is 0 Å². The maximum Gasteiger partial charge on any atom is 0.302 e. The number of methoxy groups -OCH3 is 1. The molecule has 1 aliphatic rings. The molecule has 0 saturated carbocycles. The van der Waals surface area contributed by atoms with Crippen LogP contribution in [0.25, 0.3) is 10.9 Å². The molecule has 144 valence electrons. The zero-order valence-corrected chi connectivity index (χ0v) is 16.1. The summed E-state index contributed by atoms with van der Waals surface area (Å²) in [5.41, 5.74) is 2.04. The first-order valence-corrected chi connectivity index (χ1v) is 9.52. The van der Waals surface area contributed by atoms with E-state index in [0.29, 0.717) is 18.3 Å². The number of hydrogen-bond acceptors (Lipinski definition) is 5. The van der Waals surface area contributed by atoms with E-state index in [1.165, 1.54) is 6.92 Å². The maximum atomic E-state index is 11.7. The van der Waals surface area contributed by atoms with Gasteiger partial charge in [-0.3, -0.25) is 9.78 Å². The molecule has 0 amide bonds. The maximum absolute atomic E-state index is 11.7. The average molecular weight is 368 g/mol. The predicted octanol–water partition coefficient (Wildman–Crippen LogP) is 3.52. The predicted molar refractivity (Wildman–Crippen MR) is 107 cm³/mol. The first-order valence-electron chi connectivity index (χ1n) is 9.52. The molecule has 5 heteroatoms. The first kappa shape index (κ1) is 19.4. The van der Waals surface area contributed by atoms with Crippen molar-refractivity contribution in [2.45, 2.75) is 32.3 Å². The highest BCUT2D eigenvalue weighted by Gasteiger charge is 2.27. The fourth-order valence-corrected chi connectivity index (χ4v) is 3.98. The lowest BCUT2D eigenvalue weighted by molar-refractivity contribution is -0.147. The zero-order chi connectivity index (χ0) is 19.2. The standard InChI is InChI=1S/C22H28N2O3/c1-4-16-14-23-9-7-17(16)11-20(27-15(2)25)12-18-8-10-24-22-6-5-19(26-3)13-21(18)22/h4-6,8,10,13,16-17,20,23H,1,7,9,11-12,14H2,2-3H3/t16-,17-,20?/m0/s1. The lowest BCUT2D eigenvalue weighted by atomic mass is 9.81. The van der Waals surface area contributed by atoms with E-state index in [1.807, 2.05) is 36.5 Å². The van der Waals surface area contributed by atoms with Crippen molar-refractivity contribution in [2.24, 2.45) is 11.8 Å². The van der Waals surface area contributed by atoms with Crippen LogP contribution in [0.4, 0.5) is 0 Å². The molecule has 0 bridgehead atoms. The Morgan fingerprint density at radius 2 is 2.30 bits per heavy atom. The Labute approximate surface area is 160 Å². The number of hydrogen-bond donors (Lipinski definition) is 1. The van der Waals surface area contributed by atoms with E-state index in [2.05, 4.69) is 16.9 Å². The van der Waals surface area contributed by atoms with Crippen LogP contribution in [-0.2, 0) is 16.0 Å². The average Bonchev–Trinajstić information content (AvgIpc) is 2.67. The minimum Gasteiger partial charge on any atom is -0.497 e. The number of carbonyl (C=O) groups excluding carboxylic acids is 1. The van der Waals surface area contributed by atoms with Gasteiger partial charge in [-0.1, -0.05) is 6.08 Å². The Kier molecular flexibility index (Phi) is 6.45. The van der Waals surface area contributed by atoms with Crippen LogP contribution in [0.1, 0.15) is 25.3 Å². The number of ether oxygens (including phenoxy) is 2. The molecule has 2 aromatic rings. The number of esters is 1. The van der Waals surface area contributed by atoms with E-state index in [4.69, 9.17) is 9.47 Å². The van der Waals surface area contributed by atoms with Crippen LogP contribution in [-0.4, -0.2) is 37.3 Å². The third-order valence-electron chi connectivity index (χ3n) is 5.37. The van der Waals surface area contributed by atoms with Gasteiger partial charge in [0.1, 0.15) is 11.9 Å². The smallest absolute Gasteiger partial charge is 0.302 e. The Bertz CT molecular complexity index is 805. The molecule has 2 heterocycles. The van der Waals surface area contributed by atoms with E-state index in [9.17, 15) is 4.79 Å². The van der Waals surface area contributed by atoms with Crippen LogP contribution in [0.15, 0.2) is 43.1 Å². The molecule has 0 radical (unpaired) electrons. The Morgan fingerprint density at radius 1 is 1.44 bits per heavy atom. The second-order valence-electron chi connectivity index (χ2n) is 7.18. The summed E-state index contributed by atoms with van der Waals surface area (Å²) in [4.78, 5) is 16.2. The van der Waals surface area contributed by atoms with Gasteiger partial charge in [-0.15, -0.1) is 6.58 Å². The Hall–Kier alpha value is -2.40. The third kappa shape index (κ3) is 4.86. The summed E-state index contributed by atoms with van der Waals surface area (Å²) < 4.78 is 11.1. The van der Waals surface area contributed by atoms with E-state index < -0.39 is 0 Å². The number of nitrogens with zero attached hydrogens (tertiary/aromatic N) is 1. The fourth-order valence-electron chi connectivity index (χ4n) is 3.98. The molecule has 1 fully saturated rings. The van der Waals surface area contributed by atoms with E-state index in [-0.39, 0.29) is 12.1 Å². The van der Waals surface area contributed by atoms with Gasteiger partial charge in [0.15, 0.2) is 0 Å². The highest BCUT2D eigenvalue weighted by atomic mass is 16.5. The van der Waals surface area contributed by atoms with E-state index in [0.717, 1.165) is 48.1 Å². The van der Waals surface area contributed by atoms with Crippen molar-refractivity contribution in [1.29, 1.82) is 0 Å². The molecule has 3 rings (SSSR count). The van der Waals surface area contributed by atoms with Gasteiger partial charge >= 0.3 is 5.97 Å². The number of fused-ring (bicyclic) bond motifs is 1. The van der Waals surface area contributed by atoms with Crippen molar-refractivity contribution in [2.75, 3.05) is 20.2 Å². The zero-order valence-electron chi connectivity index (χ0n) is 16.1. The van der Waals surface area contributed by atoms with Crippen molar-refractivity contribution in [3.8, 4) is 5.75 Å². The van der Waals surface area contributed by atoms with E-state index >= 15 is 0 Å². The van der Waals surface area contributed by atoms with Crippen molar-refractivity contribution >= 4 is 16.9 Å². The van der Waals surface area contributed by atoms with Crippen molar-refractivity contribution in [3.05, 3.63) is 48.7 Å². The van der Waals surface area contributed by atoms with Gasteiger partial charge in [-0.2, -0.15) is 0 Å². The highest BCUT2D eigenvalue weighted by Crippen LogP contribution is 2.29. The summed E-state index contributed by atoms with van der Waals surface area (Å²) in [5, 5.41) is 4.46. The molecule has 1 N–H and O–H groups in total. The Morgan fingerprint density at radius 3 is 3.04 bits per heavy atom. The van der Waals surface area contributed by atoms with Crippen molar-refractivity contribution in [3.63, 3.8) is 0 Å². The largest absolute Gasteiger partial charge is 0.497 e. The summed E-state index contributed by atoms with van der Waals surface area (Å²) >= 11 is 0. The van der Waals surface area contributed by atoms with Crippen LogP contribution < -0.4 is 10.1 Å². The molecular formula is C22H28N2O3. The second-order valence-corrected chi connectivity index (χ2v) is 7.18. The van der Waals surface area contributed by atoms with Crippen molar-refractivity contribution < 1.29 is 14.3 Å². The molecular weight excluding hydrogens is 340 g/mol. The molecule has 1 aliphatic heterocycles. The quantitative estimate of drug-likeness (QED) is 0.598. The summed E-state index contributed by atoms with van der Waals surface area (Å²) in [6, 6.07) is 7.87. The minimum absolute atomic E-state index is 0.162. The molecule has 0 aliphatic carbocycles. The number of rotatable bonds is 7. The number of nitrogens with one attached hydrogen (secondary N) is 1. The van der Waals surface area contributed by atoms with Crippen LogP contribution in [0.2, 0.25) is 0 Å². The molecule has 3 atom stereocenters. The van der Waals surface area contributed by atoms with Gasteiger partial charge in [0, 0.05) is 31.5 Å². The van der Waals surface area contributed by atoms with Crippen molar-refractivity contribution in [1.82, 2.24) is 10.3 Å². The van der Waals surface area contributed by atoms with Gasteiger partial charge < -0.3 is 14.8 Å². The molecule has 1 aromatic heterocycles. The minimum atomic E-state index is -0.236. The van der Waals surface area contributed by atoms with E-state index in [1.54, 1.807) is 7.11 Å². The number of pyridine rings is 1. The molecule has 27 heavy (non-hydrogen) atoms. The fraction of sp³-hybridized carbons (Fsp3) is 0.455. The first-order chi connectivity index (χ1) is 13.1. The lowest BCUT2D eigenvalue weighted by Crippen LogP contribution is -2.38. The lowest BCUT2D eigenvalue weighted by Gasteiger charge is -2.32. The number of benzene rings is 1. The van der Waals surface area contributed by atoms with Crippen LogP contribution in [0.5, 0.6) is 5.75 Å². The number of aromatic nitrogens is 1. The normalized spacial score (nSPS) is 20.8. The molecule has 1 aromatic carbocycles. The molecule has 1 unspecified atom stereocenters. The van der Waals surface area contributed by atoms with Gasteiger partial charge in [-0.25, -0.2) is 0 Å². The molecule has 1 saturated heterocycles. The molecule has 5 nitrogen and oxygen atoms in total. The Balaban J connectivity index is 1.85. The number of carbonyl (C=O) groups is 1. The van der Waals surface area contributed by atoms with Gasteiger partial charge in [-0.05, 0) is 61.1 Å². The molecule has 0 spiro atoms. The third-order valence-corrected chi connectivity index (χ3v) is 5.37. The van der Waals surface area contributed by atoms with Crippen LogP contribution >= 0.6 is 0 Å². The summed E-state index contributed by atoms with van der Waals surface area (Å²) in [6.07, 6.45) is 6.25. The van der Waals surface area contributed by atoms with Gasteiger partial charge in [0.25, 0.3) is 0 Å². The summed E-state index contributed by atoms with van der Waals surface area (Å²) in [5.74, 6) is 1.44. The van der Waals surface area contributed by atoms with Gasteiger partial charge in [0.2, 0.25) is 0 Å². The summed E-state index contributed by atoms with van der Waals surface area (Å²) in [7, 11) is 1.66. The topological polar surface area (TPSA) is 60.5 Å². The summed E-state index contributed by atoms with van der Waals surface area (Å²) in [6.45, 7) is 7.40. The second kappa shape index (κ2) is 9.00. The SMILES string of the molecule is C=C[C@H]1CNCC[C@H]1CC(Cc1ccnc2ccc(OC)cc12)OC(C)=O. The number of piperidine rings is 1.